The predicted octanol–water partition coefficient (Wildman–Crippen LogP) is 1.41. The number of rotatable bonds is 4. The van der Waals surface area contributed by atoms with E-state index < -0.39 is 4.92 Å². The molecule has 16 heavy (non-hydrogen) atoms. The maximum absolute atomic E-state index is 10.7. The van der Waals surface area contributed by atoms with Gasteiger partial charge in [-0.05, 0) is 25.2 Å². The van der Waals surface area contributed by atoms with Crippen LogP contribution in [-0.2, 0) is 0 Å². The van der Waals surface area contributed by atoms with Crippen LogP contribution >= 0.6 is 12.2 Å². The first-order chi connectivity index (χ1) is 7.65. The predicted molar refractivity (Wildman–Crippen MR) is 66.1 cm³/mol. The summed E-state index contributed by atoms with van der Waals surface area (Å²) in [4.78, 5) is 10.2. The zero-order valence-electron chi connectivity index (χ0n) is 8.69. The first-order valence-corrected chi connectivity index (χ1v) is 5.09. The van der Waals surface area contributed by atoms with Crippen molar-refractivity contribution in [2.75, 3.05) is 12.0 Å². The first kappa shape index (κ1) is 12.2. The van der Waals surface area contributed by atoms with Crippen molar-refractivity contribution >= 4 is 28.7 Å². The molecule has 3 N–H and O–H groups in total. The molecule has 1 aromatic carbocycles. The van der Waals surface area contributed by atoms with E-state index in [4.69, 9.17) is 12.2 Å². The summed E-state index contributed by atoms with van der Waals surface area (Å²) in [6, 6.07) is 6.32. The van der Waals surface area contributed by atoms with Crippen molar-refractivity contribution in [2.45, 2.75) is 6.92 Å². The molecule has 0 saturated carbocycles. The summed E-state index contributed by atoms with van der Waals surface area (Å²) in [6.45, 7) is 2.59. The van der Waals surface area contributed by atoms with Gasteiger partial charge in [0, 0.05) is 12.6 Å². The van der Waals surface area contributed by atoms with Crippen LogP contribution in [0.5, 0.6) is 0 Å². The van der Waals surface area contributed by atoms with E-state index >= 15 is 0 Å². The zero-order valence-corrected chi connectivity index (χ0v) is 9.50. The molecule has 0 heterocycles. The fraction of sp³-hybridized carbons (Fsp3) is 0.222. The van der Waals surface area contributed by atoms with Gasteiger partial charge in [0.2, 0.25) is 0 Å². The number of nitro groups is 1. The van der Waals surface area contributed by atoms with E-state index in [2.05, 4.69) is 16.2 Å². The standard InChI is InChI=1S/C9H12N4O2S/c1-2-10-9(16)12-11-7-5-3-4-6-8(7)13(14)15/h3-6,11H,2H2,1H3,(H2,10,12,16). The molecular formula is C9H12N4O2S. The van der Waals surface area contributed by atoms with Gasteiger partial charge in [-0.15, -0.1) is 0 Å². The van der Waals surface area contributed by atoms with Crippen molar-refractivity contribution in [1.29, 1.82) is 0 Å². The van der Waals surface area contributed by atoms with Crippen molar-refractivity contribution in [3.63, 3.8) is 0 Å². The normalized spacial score (nSPS) is 9.31. The minimum atomic E-state index is -0.458. The Morgan fingerprint density at radius 1 is 1.50 bits per heavy atom. The van der Waals surface area contributed by atoms with Crippen LogP contribution in [0.15, 0.2) is 24.3 Å². The van der Waals surface area contributed by atoms with Gasteiger partial charge < -0.3 is 5.32 Å². The fourth-order valence-electron chi connectivity index (χ4n) is 1.07. The van der Waals surface area contributed by atoms with E-state index in [0.29, 0.717) is 17.3 Å². The third-order valence-corrected chi connectivity index (χ3v) is 2.00. The molecule has 0 aliphatic rings. The minimum absolute atomic E-state index is 0.00528. The van der Waals surface area contributed by atoms with Crippen LogP contribution in [0.1, 0.15) is 6.92 Å². The summed E-state index contributed by atoms with van der Waals surface area (Å²) < 4.78 is 0. The summed E-state index contributed by atoms with van der Waals surface area (Å²) in [7, 11) is 0. The number of para-hydroxylation sites is 2. The topological polar surface area (TPSA) is 79.2 Å². The Balaban J connectivity index is 2.66. The first-order valence-electron chi connectivity index (χ1n) is 4.68. The quantitative estimate of drug-likeness (QED) is 0.419. The second-order valence-corrected chi connectivity index (χ2v) is 3.29. The summed E-state index contributed by atoms with van der Waals surface area (Å²) in [5.41, 5.74) is 5.71. The largest absolute Gasteiger partial charge is 0.362 e. The molecule has 6 nitrogen and oxygen atoms in total. The van der Waals surface area contributed by atoms with E-state index in [1.54, 1.807) is 18.2 Å². The maximum Gasteiger partial charge on any atom is 0.294 e. The number of hydrazine groups is 1. The lowest BCUT2D eigenvalue weighted by Crippen LogP contribution is -2.38. The van der Waals surface area contributed by atoms with Gasteiger partial charge in [0.25, 0.3) is 5.69 Å². The van der Waals surface area contributed by atoms with Crippen LogP contribution in [0.3, 0.4) is 0 Å². The lowest BCUT2D eigenvalue weighted by molar-refractivity contribution is -0.384. The molecule has 86 valence electrons. The molecule has 0 unspecified atom stereocenters. The number of benzene rings is 1. The molecule has 7 heteroatoms. The summed E-state index contributed by atoms with van der Waals surface area (Å²) in [5, 5.41) is 13.9. The highest BCUT2D eigenvalue weighted by Gasteiger charge is 2.11. The van der Waals surface area contributed by atoms with E-state index in [0.717, 1.165) is 0 Å². The van der Waals surface area contributed by atoms with Crippen molar-refractivity contribution in [3.8, 4) is 0 Å². The Bertz CT molecular complexity index is 397. The van der Waals surface area contributed by atoms with Crippen LogP contribution in [0.25, 0.3) is 0 Å². The molecule has 0 spiro atoms. The van der Waals surface area contributed by atoms with Gasteiger partial charge in [-0.1, -0.05) is 12.1 Å². The Hall–Kier alpha value is -1.89. The molecule has 0 radical (unpaired) electrons. The van der Waals surface area contributed by atoms with Crippen LogP contribution in [0.4, 0.5) is 11.4 Å². The molecule has 0 saturated heterocycles. The van der Waals surface area contributed by atoms with E-state index in [9.17, 15) is 10.1 Å². The minimum Gasteiger partial charge on any atom is -0.362 e. The third kappa shape index (κ3) is 3.35. The Morgan fingerprint density at radius 2 is 2.19 bits per heavy atom. The number of nitro benzene ring substituents is 1. The highest BCUT2D eigenvalue weighted by atomic mass is 32.1. The van der Waals surface area contributed by atoms with Gasteiger partial charge in [-0.3, -0.25) is 21.0 Å². The number of nitrogens with zero attached hydrogens (tertiary/aromatic N) is 1. The fourth-order valence-corrected chi connectivity index (χ4v) is 1.26. The van der Waals surface area contributed by atoms with Crippen LogP contribution < -0.4 is 16.2 Å². The van der Waals surface area contributed by atoms with Crippen molar-refractivity contribution in [3.05, 3.63) is 34.4 Å². The molecule has 0 atom stereocenters. The number of hydrogen-bond acceptors (Lipinski definition) is 4. The molecule has 0 aliphatic heterocycles. The van der Waals surface area contributed by atoms with E-state index in [-0.39, 0.29) is 5.69 Å². The smallest absolute Gasteiger partial charge is 0.294 e. The number of thiocarbonyl (C=S) groups is 1. The molecule has 1 rings (SSSR count). The second-order valence-electron chi connectivity index (χ2n) is 2.88. The van der Waals surface area contributed by atoms with Crippen molar-refractivity contribution < 1.29 is 4.92 Å². The van der Waals surface area contributed by atoms with Gasteiger partial charge in [0.05, 0.1) is 4.92 Å². The van der Waals surface area contributed by atoms with Gasteiger partial charge in [-0.2, -0.15) is 0 Å². The molecule has 0 amide bonds. The zero-order chi connectivity index (χ0) is 12.0. The van der Waals surface area contributed by atoms with Crippen molar-refractivity contribution in [1.82, 2.24) is 10.7 Å². The average Bonchev–Trinajstić information content (AvgIpc) is 2.27. The lowest BCUT2D eigenvalue weighted by Gasteiger charge is -2.11. The Kier molecular flexibility index (Phi) is 4.46. The number of hydrogen-bond donors (Lipinski definition) is 3. The summed E-state index contributed by atoms with van der Waals surface area (Å²) >= 11 is 4.91. The van der Waals surface area contributed by atoms with E-state index in [1.165, 1.54) is 6.07 Å². The maximum atomic E-state index is 10.7. The third-order valence-electron chi connectivity index (χ3n) is 1.75. The molecule has 0 aromatic heterocycles. The van der Waals surface area contributed by atoms with Crippen LogP contribution in [0, 0.1) is 10.1 Å². The molecular weight excluding hydrogens is 228 g/mol. The van der Waals surface area contributed by atoms with Gasteiger partial charge in [0.15, 0.2) is 5.11 Å². The average molecular weight is 240 g/mol. The Labute approximate surface area is 98.2 Å². The number of nitrogens with one attached hydrogen (secondary N) is 3. The molecule has 1 aromatic rings. The highest BCUT2D eigenvalue weighted by Crippen LogP contribution is 2.21. The van der Waals surface area contributed by atoms with Crippen molar-refractivity contribution in [2.24, 2.45) is 0 Å². The summed E-state index contributed by atoms with van der Waals surface area (Å²) in [6.07, 6.45) is 0. The highest BCUT2D eigenvalue weighted by molar-refractivity contribution is 7.80. The van der Waals surface area contributed by atoms with E-state index in [1.807, 2.05) is 6.92 Å². The molecule has 0 bridgehead atoms. The van der Waals surface area contributed by atoms with Crippen LogP contribution in [-0.4, -0.2) is 16.6 Å². The van der Waals surface area contributed by atoms with Gasteiger partial charge in [-0.25, -0.2) is 0 Å². The monoisotopic (exact) mass is 240 g/mol. The van der Waals surface area contributed by atoms with Gasteiger partial charge in [0.1, 0.15) is 5.69 Å². The second kappa shape index (κ2) is 5.86. The number of anilines is 1. The summed E-state index contributed by atoms with van der Waals surface area (Å²) in [5.74, 6) is 0. The van der Waals surface area contributed by atoms with Crippen LogP contribution in [0.2, 0.25) is 0 Å². The lowest BCUT2D eigenvalue weighted by atomic mass is 10.3. The molecule has 0 aliphatic carbocycles. The molecule has 0 fully saturated rings. The van der Waals surface area contributed by atoms with Gasteiger partial charge >= 0.3 is 0 Å². The Morgan fingerprint density at radius 3 is 2.81 bits per heavy atom. The SMILES string of the molecule is CCNC(=S)NNc1ccccc1[N+](=O)[O-].